The number of carbonyl (C=O) groups excluding carboxylic acids is 3. The monoisotopic (exact) mass is 492 g/mol. The molecule has 0 aromatic heterocycles. The number of rotatable bonds is 3. The first-order chi connectivity index (χ1) is 16.6. The van der Waals surface area contributed by atoms with Gasteiger partial charge in [-0.05, 0) is 69.4 Å². The van der Waals surface area contributed by atoms with E-state index >= 15 is 0 Å². The SMILES string of the molecule is C[C@H](C(=O)N1c2ccccc2[C@](C)(c2ccc(Cl)cc2)CC1(C)C)N1C(=O)[C@H]2CCCC[C@@H]2C1=O. The molecule has 1 aliphatic carbocycles. The third kappa shape index (κ3) is 3.70. The number of carbonyl (C=O) groups is 3. The Bertz CT molecular complexity index is 1170. The Morgan fingerprint density at radius 2 is 1.51 bits per heavy atom. The van der Waals surface area contributed by atoms with Crippen LogP contribution in [0.5, 0.6) is 0 Å². The molecular formula is C29H33ClN2O3. The third-order valence-corrected chi connectivity index (χ3v) is 8.70. The maximum absolute atomic E-state index is 14.1. The molecule has 1 saturated heterocycles. The lowest BCUT2D eigenvalue weighted by Gasteiger charge is -2.52. The first-order valence-corrected chi connectivity index (χ1v) is 13.0. The molecule has 5 rings (SSSR count). The van der Waals surface area contributed by atoms with Gasteiger partial charge < -0.3 is 4.90 Å². The average molecular weight is 493 g/mol. The molecule has 35 heavy (non-hydrogen) atoms. The van der Waals surface area contributed by atoms with Crippen molar-refractivity contribution in [2.24, 2.45) is 11.8 Å². The molecule has 0 N–H and O–H groups in total. The summed E-state index contributed by atoms with van der Waals surface area (Å²) in [6, 6.07) is 15.1. The van der Waals surface area contributed by atoms with Crippen molar-refractivity contribution in [3.05, 3.63) is 64.7 Å². The second kappa shape index (κ2) is 8.48. The maximum atomic E-state index is 14.1. The standard InChI is InChI=1S/C29H33ClN2O3/c1-18(31-26(34)21-9-5-6-10-22(21)27(31)35)25(33)32-24-12-8-7-11-23(24)29(4,17-28(32,2)3)19-13-15-20(30)16-14-19/h7-8,11-16,18,21-22H,5-6,9-10,17H2,1-4H3/t18-,21+,22+,29+/m1/s1. The van der Waals surface area contributed by atoms with Crippen LogP contribution < -0.4 is 4.90 Å². The fourth-order valence-electron chi connectivity index (χ4n) is 6.86. The smallest absolute Gasteiger partial charge is 0.250 e. The number of imide groups is 1. The zero-order valence-corrected chi connectivity index (χ0v) is 21.6. The quantitative estimate of drug-likeness (QED) is 0.514. The number of para-hydroxylation sites is 1. The number of amides is 3. The van der Waals surface area contributed by atoms with Crippen molar-refractivity contribution >= 4 is 35.0 Å². The molecule has 4 atom stereocenters. The molecule has 0 radical (unpaired) electrons. The van der Waals surface area contributed by atoms with Crippen molar-refractivity contribution in [1.29, 1.82) is 0 Å². The Balaban J connectivity index is 1.54. The van der Waals surface area contributed by atoms with E-state index in [-0.39, 0.29) is 35.0 Å². The van der Waals surface area contributed by atoms with Gasteiger partial charge in [-0.1, -0.05) is 61.7 Å². The maximum Gasteiger partial charge on any atom is 0.250 e. The van der Waals surface area contributed by atoms with Crippen LogP contribution in [0.15, 0.2) is 48.5 Å². The van der Waals surface area contributed by atoms with Gasteiger partial charge in [0.1, 0.15) is 6.04 Å². The second-order valence-corrected chi connectivity index (χ2v) is 11.7. The molecule has 0 unspecified atom stereocenters. The number of hydrogen-bond donors (Lipinski definition) is 0. The van der Waals surface area contributed by atoms with Crippen LogP contribution in [0.1, 0.15) is 70.9 Å². The van der Waals surface area contributed by atoms with Gasteiger partial charge in [-0.25, -0.2) is 0 Å². The Morgan fingerprint density at radius 1 is 0.943 bits per heavy atom. The number of nitrogens with zero attached hydrogens (tertiary/aromatic N) is 2. The summed E-state index contributed by atoms with van der Waals surface area (Å²) in [5.74, 6) is -1.08. The van der Waals surface area contributed by atoms with Crippen molar-refractivity contribution in [2.45, 2.75) is 76.8 Å². The Kier molecular flexibility index (Phi) is 5.83. The van der Waals surface area contributed by atoms with Crippen molar-refractivity contribution in [1.82, 2.24) is 4.90 Å². The summed E-state index contributed by atoms with van der Waals surface area (Å²) in [5, 5.41) is 0.687. The summed E-state index contributed by atoms with van der Waals surface area (Å²) in [7, 11) is 0. The normalized spacial score (nSPS) is 28.5. The molecular weight excluding hydrogens is 460 g/mol. The number of likely N-dealkylation sites (tertiary alicyclic amines) is 1. The number of halogens is 1. The summed E-state index contributed by atoms with van der Waals surface area (Å²) < 4.78 is 0. The fraction of sp³-hybridized carbons (Fsp3) is 0.483. The first-order valence-electron chi connectivity index (χ1n) is 12.6. The summed E-state index contributed by atoms with van der Waals surface area (Å²) in [4.78, 5) is 43.7. The van der Waals surface area contributed by atoms with Crippen LogP contribution >= 0.6 is 11.6 Å². The molecule has 2 aromatic carbocycles. The predicted octanol–water partition coefficient (Wildman–Crippen LogP) is 5.73. The highest BCUT2D eigenvalue weighted by Gasteiger charge is 2.54. The van der Waals surface area contributed by atoms with Crippen LogP contribution in [0.3, 0.4) is 0 Å². The summed E-state index contributed by atoms with van der Waals surface area (Å²) in [6.07, 6.45) is 4.09. The minimum atomic E-state index is -0.840. The molecule has 2 fully saturated rings. The molecule has 2 aliphatic heterocycles. The minimum Gasteiger partial charge on any atom is -0.305 e. The molecule has 3 aliphatic rings. The van der Waals surface area contributed by atoms with E-state index in [0.717, 1.165) is 42.5 Å². The van der Waals surface area contributed by atoms with E-state index in [1.54, 1.807) is 6.92 Å². The molecule has 2 heterocycles. The highest BCUT2D eigenvalue weighted by Crippen LogP contribution is 2.51. The number of benzene rings is 2. The lowest BCUT2D eigenvalue weighted by molar-refractivity contribution is -0.147. The van der Waals surface area contributed by atoms with Crippen molar-refractivity contribution in [3.63, 3.8) is 0 Å². The van der Waals surface area contributed by atoms with Gasteiger partial charge in [0.2, 0.25) is 11.8 Å². The van der Waals surface area contributed by atoms with Gasteiger partial charge in [0.25, 0.3) is 5.91 Å². The van der Waals surface area contributed by atoms with E-state index in [9.17, 15) is 14.4 Å². The van der Waals surface area contributed by atoms with Gasteiger partial charge in [0.05, 0.1) is 11.8 Å². The number of anilines is 1. The van der Waals surface area contributed by atoms with Crippen LogP contribution in [0.4, 0.5) is 5.69 Å². The molecule has 6 heteroatoms. The highest BCUT2D eigenvalue weighted by molar-refractivity contribution is 6.30. The van der Waals surface area contributed by atoms with E-state index in [1.807, 2.05) is 35.2 Å². The van der Waals surface area contributed by atoms with Crippen molar-refractivity contribution in [3.8, 4) is 0 Å². The minimum absolute atomic E-state index is 0.172. The lowest BCUT2D eigenvalue weighted by Crippen LogP contribution is -2.60. The molecule has 0 bridgehead atoms. The van der Waals surface area contributed by atoms with Crippen molar-refractivity contribution < 1.29 is 14.4 Å². The summed E-state index contributed by atoms with van der Waals surface area (Å²) >= 11 is 6.17. The fourth-order valence-corrected chi connectivity index (χ4v) is 6.99. The third-order valence-electron chi connectivity index (χ3n) is 8.45. The summed E-state index contributed by atoms with van der Waals surface area (Å²) in [6.45, 7) is 8.05. The van der Waals surface area contributed by atoms with Gasteiger partial charge in [-0.3, -0.25) is 19.3 Å². The zero-order chi connectivity index (χ0) is 25.1. The van der Waals surface area contributed by atoms with Gasteiger partial charge in [-0.15, -0.1) is 0 Å². The van der Waals surface area contributed by atoms with Crippen LogP contribution in [-0.2, 0) is 19.8 Å². The van der Waals surface area contributed by atoms with E-state index in [4.69, 9.17) is 11.6 Å². The van der Waals surface area contributed by atoms with Gasteiger partial charge in [-0.2, -0.15) is 0 Å². The van der Waals surface area contributed by atoms with E-state index < -0.39 is 11.6 Å². The van der Waals surface area contributed by atoms with E-state index in [0.29, 0.717) is 11.4 Å². The number of fused-ring (bicyclic) bond motifs is 2. The Hall–Kier alpha value is -2.66. The van der Waals surface area contributed by atoms with Crippen LogP contribution in [0, 0.1) is 11.8 Å². The molecule has 184 valence electrons. The highest BCUT2D eigenvalue weighted by atomic mass is 35.5. The molecule has 5 nitrogen and oxygen atoms in total. The first kappa shape index (κ1) is 24.1. The van der Waals surface area contributed by atoms with E-state index in [2.05, 4.69) is 39.0 Å². The Labute approximate surface area is 212 Å². The predicted molar refractivity (Wildman–Crippen MR) is 137 cm³/mol. The van der Waals surface area contributed by atoms with Gasteiger partial charge in [0, 0.05) is 21.7 Å². The zero-order valence-electron chi connectivity index (χ0n) is 20.9. The number of hydrogen-bond acceptors (Lipinski definition) is 3. The Morgan fingerprint density at radius 3 is 2.11 bits per heavy atom. The largest absolute Gasteiger partial charge is 0.305 e. The molecule has 0 spiro atoms. The van der Waals surface area contributed by atoms with Crippen LogP contribution in [-0.4, -0.2) is 34.2 Å². The van der Waals surface area contributed by atoms with Crippen molar-refractivity contribution in [2.75, 3.05) is 4.90 Å². The van der Waals surface area contributed by atoms with Crippen LogP contribution in [0.25, 0.3) is 0 Å². The molecule has 2 aromatic rings. The summed E-state index contributed by atoms with van der Waals surface area (Å²) in [5.41, 5.74) is 2.13. The lowest BCUT2D eigenvalue weighted by atomic mass is 9.65. The average Bonchev–Trinajstić information content (AvgIpc) is 3.08. The topological polar surface area (TPSA) is 57.7 Å². The van der Waals surface area contributed by atoms with Gasteiger partial charge in [0.15, 0.2) is 0 Å². The second-order valence-electron chi connectivity index (χ2n) is 11.2. The van der Waals surface area contributed by atoms with Gasteiger partial charge >= 0.3 is 0 Å². The molecule has 3 amide bonds. The van der Waals surface area contributed by atoms with E-state index in [1.165, 1.54) is 4.90 Å². The van der Waals surface area contributed by atoms with Crippen LogP contribution in [0.2, 0.25) is 5.02 Å². The molecule has 1 saturated carbocycles.